The Labute approximate surface area is 128 Å². The second-order valence-corrected chi connectivity index (χ2v) is 5.84. The summed E-state index contributed by atoms with van der Waals surface area (Å²) >= 11 is 7.71. The number of anilines is 1. The lowest BCUT2D eigenvalue weighted by Crippen LogP contribution is -2.10. The van der Waals surface area contributed by atoms with Gasteiger partial charge in [0.15, 0.2) is 5.75 Å². The van der Waals surface area contributed by atoms with Gasteiger partial charge in [0.25, 0.3) is 0 Å². The molecule has 1 aromatic carbocycles. The van der Waals surface area contributed by atoms with Gasteiger partial charge in [-0.05, 0) is 31.4 Å². The van der Waals surface area contributed by atoms with Crippen LogP contribution < -0.4 is 9.64 Å². The van der Waals surface area contributed by atoms with Crippen LogP contribution in [-0.2, 0) is 0 Å². The molecule has 1 heterocycles. The van der Waals surface area contributed by atoms with E-state index in [1.165, 1.54) is 0 Å². The third-order valence-electron chi connectivity index (χ3n) is 2.82. The van der Waals surface area contributed by atoms with Gasteiger partial charge in [-0.15, -0.1) is 11.8 Å². The Morgan fingerprint density at radius 2 is 2.00 bits per heavy atom. The van der Waals surface area contributed by atoms with Gasteiger partial charge < -0.3 is 9.64 Å². The third kappa shape index (κ3) is 3.38. The fourth-order valence-electron chi connectivity index (χ4n) is 1.78. The van der Waals surface area contributed by atoms with E-state index in [2.05, 4.69) is 4.98 Å². The quantitative estimate of drug-likeness (QED) is 0.769. The number of aryl methyl sites for hydroxylation is 1. The van der Waals surface area contributed by atoms with E-state index in [4.69, 9.17) is 16.3 Å². The molecule has 0 spiro atoms. The second kappa shape index (κ2) is 6.37. The molecule has 0 unspecified atom stereocenters. The summed E-state index contributed by atoms with van der Waals surface area (Å²) in [6, 6.07) is 7.61. The van der Waals surface area contributed by atoms with Crippen molar-refractivity contribution >= 4 is 29.1 Å². The molecule has 2 rings (SSSR count). The van der Waals surface area contributed by atoms with Crippen LogP contribution in [0.5, 0.6) is 11.5 Å². The van der Waals surface area contributed by atoms with Crippen LogP contribution in [0.2, 0.25) is 5.02 Å². The van der Waals surface area contributed by atoms with Crippen molar-refractivity contribution in [1.29, 1.82) is 0 Å². The summed E-state index contributed by atoms with van der Waals surface area (Å²) in [6.07, 6.45) is 3.81. The van der Waals surface area contributed by atoms with Crippen LogP contribution in [-0.4, -0.2) is 25.3 Å². The minimum atomic E-state index is 0.739. The fourth-order valence-corrected chi connectivity index (χ4v) is 2.62. The van der Waals surface area contributed by atoms with Gasteiger partial charge in [-0.1, -0.05) is 11.6 Å². The van der Waals surface area contributed by atoms with E-state index in [9.17, 15) is 0 Å². The zero-order valence-corrected chi connectivity index (χ0v) is 13.5. The smallest absolute Gasteiger partial charge is 0.154 e. The van der Waals surface area contributed by atoms with Gasteiger partial charge in [0.1, 0.15) is 5.75 Å². The summed E-state index contributed by atoms with van der Waals surface area (Å²) in [5.74, 6) is 1.56. The van der Waals surface area contributed by atoms with Gasteiger partial charge in [-0.25, -0.2) is 0 Å². The Hall–Kier alpha value is -1.39. The van der Waals surface area contributed by atoms with Crippen LogP contribution in [0.1, 0.15) is 5.69 Å². The molecular weight excluding hydrogens is 292 g/mol. The molecule has 0 aliphatic heterocycles. The molecule has 5 heteroatoms. The van der Waals surface area contributed by atoms with Crippen molar-refractivity contribution in [3.05, 3.63) is 41.2 Å². The third-order valence-corrected chi connectivity index (χ3v) is 4.03. The summed E-state index contributed by atoms with van der Waals surface area (Å²) in [4.78, 5) is 7.28. The van der Waals surface area contributed by atoms with Crippen LogP contribution >= 0.6 is 23.4 Å². The standard InChI is InChI=1S/C15H17ClN2OS/c1-10-7-14(13(9-17-10)18(2)3)19-11-5-6-12(16)15(8-11)20-4/h5-9H,1-4H3. The maximum absolute atomic E-state index is 6.11. The molecule has 106 valence electrons. The first kappa shape index (κ1) is 15.0. The van der Waals surface area contributed by atoms with Crippen LogP contribution in [0.15, 0.2) is 35.4 Å². The van der Waals surface area contributed by atoms with E-state index in [-0.39, 0.29) is 0 Å². The molecular formula is C15H17ClN2OS. The molecule has 0 radical (unpaired) electrons. The average Bonchev–Trinajstić information content (AvgIpc) is 2.40. The monoisotopic (exact) mass is 308 g/mol. The highest BCUT2D eigenvalue weighted by Crippen LogP contribution is 2.35. The predicted octanol–water partition coefficient (Wildman–Crippen LogP) is 4.62. The molecule has 0 N–H and O–H groups in total. The number of ether oxygens (including phenoxy) is 1. The van der Waals surface area contributed by atoms with Gasteiger partial charge in [0.2, 0.25) is 0 Å². The second-order valence-electron chi connectivity index (χ2n) is 4.59. The van der Waals surface area contributed by atoms with E-state index in [0.29, 0.717) is 0 Å². The topological polar surface area (TPSA) is 25.4 Å². The molecule has 2 aromatic rings. The summed E-state index contributed by atoms with van der Waals surface area (Å²) in [5, 5.41) is 0.739. The number of nitrogens with zero attached hydrogens (tertiary/aromatic N) is 2. The van der Waals surface area contributed by atoms with E-state index < -0.39 is 0 Å². The van der Waals surface area contributed by atoms with Gasteiger partial charge in [-0.2, -0.15) is 0 Å². The van der Waals surface area contributed by atoms with Crippen molar-refractivity contribution < 1.29 is 4.74 Å². The lowest BCUT2D eigenvalue weighted by atomic mass is 10.3. The largest absolute Gasteiger partial charge is 0.455 e. The van der Waals surface area contributed by atoms with E-state index in [1.54, 1.807) is 11.8 Å². The zero-order valence-electron chi connectivity index (χ0n) is 12.0. The summed E-state index contributed by atoms with van der Waals surface area (Å²) in [7, 11) is 3.93. The van der Waals surface area contributed by atoms with Crippen molar-refractivity contribution in [1.82, 2.24) is 4.98 Å². The van der Waals surface area contributed by atoms with Crippen LogP contribution in [0.3, 0.4) is 0 Å². The molecule has 0 amide bonds. The molecule has 20 heavy (non-hydrogen) atoms. The Kier molecular flexibility index (Phi) is 4.78. The maximum atomic E-state index is 6.11. The lowest BCUT2D eigenvalue weighted by Gasteiger charge is -2.18. The molecule has 0 saturated heterocycles. The number of benzene rings is 1. The Balaban J connectivity index is 2.36. The number of pyridine rings is 1. The highest BCUT2D eigenvalue weighted by molar-refractivity contribution is 7.98. The molecule has 1 aromatic heterocycles. The molecule has 3 nitrogen and oxygen atoms in total. The van der Waals surface area contributed by atoms with Gasteiger partial charge >= 0.3 is 0 Å². The highest BCUT2D eigenvalue weighted by Gasteiger charge is 2.09. The average molecular weight is 309 g/mol. The molecule has 0 saturated carbocycles. The number of halogens is 1. The first-order chi connectivity index (χ1) is 9.51. The minimum Gasteiger partial charge on any atom is -0.455 e. The number of thioether (sulfide) groups is 1. The van der Waals surface area contributed by atoms with Crippen molar-refractivity contribution in [3.8, 4) is 11.5 Å². The number of hydrogen-bond donors (Lipinski definition) is 0. The summed E-state index contributed by atoms with van der Waals surface area (Å²) in [5.41, 5.74) is 1.86. The van der Waals surface area contributed by atoms with Gasteiger partial charge in [0, 0.05) is 30.8 Å². The van der Waals surface area contributed by atoms with Gasteiger partial charge in [-0.3, -0.25) is 4.98 Å². The highest BCUT2D eigenvalue weighted by atomic mass is 35.5. The van der Waals surface area contributed by atoms with Crippen LogP contribution in [0.25, 0.3) is 0 Å². The van der Waals surface area contributed by atoms with E-state index in [0.717, 1.165) is 32.8 Å². The lowest BCUT2D eigenvalue weighted by molar-refractivity contribution is 0.480. The Bertz CT molecular complexity index is 617. The number of hydrogen-bond acceptors (Lipinski definition) is 4. The first-order valence-electron chi connectivity index (χ1n) is 6.16. The first-order valence-corrected chi connectivity index (χ1v) is 7.77. The molecule has 0 aliphatic carbocycles. The van der Waals surface area contributed by atoms with E-state index >= 15 is 0 Å². The molecule has 0 bridgehead atoms. The normalized spacial score (nSPS) is 10.4. The predicted molar refractivity (Wildman–Crippen MR) is 86.6 cm³/mol. The van der Waals surface area contributed by atoms with Crippen molar-refractivity contribution in [3.63, 3.8) is 0 Å². The fraction of sp³-hybridized carbons (Fsp3) is 0.267. The van der Waals surface area contributed by atoms with Crippen LogP contribution in [0.4, 0.5) is 5.69 Å². The maximum Gasteiger partial charge on any atom is 0.154 e. The van der Waals surface area contributed by atoms with Crippen LogP contribution in [0, 0.1) is 6.92 Å². The summed E-state index contributed by atoms with van der Waals surface area (Å²) in [6.45, 7) is 1.95. The van der Waals surface area contributed by atoms with Crippen molar-refractivity contribution in [2.24, 2.45) is 0 Å². The Morgan fingerprint density at radius 1 is 1.25 bits per heavy atom. The Morgan fingerprint density at radius 3 is 2.65 bits per heavy atom. The minimum absolute atomic E-state index is 0.739. The van der Waals surface area contributed by atoms with Crippen molar-refractivity contribution in [2.75, 3.05) is 25.3 Å². The number of aromatic nitrogens is 1. The van der Waals surface area contributed by atoms with Crippen molar-refractivity contribution in [2.45, 2.75) is 11.8 Å². The molecule has 0 atom stereocenters. The van der Waals surface area contributed by atoms with E-state index in [1.807, 2.05) is 62.6 Å². The molecule has 0 aliphatic rings. The summed E-state index contributed by atoms with van der Waals surface area (Å²) < 4.78 is 6.00. The molecule has 0 fully saturated rings. The number of rotatable bonds is 4. The van der Waals surface area contributed by atoms with Gasteiger partial charge in [0.05, 0.1) is 16.9 Å². The zero-order chi connectivity index (χ0) is 14.7. The SMILES string of the molecule is CSc1cc(Oc2cc(C)ncc2N(C)C)ccc1Cl.